The Morgan fingerprint density at radius 3 is 2.64 bits per heavy atom. The molecule has 0 spiro atoms. The fraction of sp³-hybridized carbons (Fsp3) is 0.375. The van der Waals surface area contributed by atoms with Crippen LogP contribution in [0, 0.1) is 5.92 Å². The molecule has 116 valence electrons. The normalized spacial score (nSPS) is 16.1. The molecular formula is C16H18ClN3O2. The number of benzene rings is 1. The minimum absolute atomic E-state index is 0.0652. The molecule has 3 rings (SSSR count). The quantitative estimate of drug-likeness (QED) is 0.940. The molecule has 1 aliphatic heterocycles. The van der Waals surface area contributed by atoms with Gasteiger partial charge in [0.2, 0.25) is 11.8 Å². The number of primary amides is 1. The van der Waals surface area contributed by atoms with Crippen molar-refractivity contribution in [2.75, 3.05) is 13.1 Å². The minimum Gasteiger partial charge on any atom is -0.369 e. The molecule has 2 heterocycles. The summed E-state index contributed by atoms with van der Waals surface area (Å²) >= 11 is 5.97. The first-order valence-corrected chi connectivity index (χ1v) is 7.74. The third-order valence-corrected chi connectivity index (χ3v) is 4.52. The van der Waals surface area contributed by atoms with Gasteiger partial charge in [-0.05, 0) is 37.1 Å². The second kappa shape index (κ2) is 6.01. The summed E-state index contributed by atoms with van der Waals surface area (Å²) in [5.41, 5.74) is 6.31. The average Bonchev–Trinajstić information content (AvgIpc) is 2.89. The Morgan fingerprint density at radius 1 is 1.23 bits per heavy atom. The maximum Gasteiger partial charge on any atom is 0.242 e. The number of nitrogens with zero attached hydrogens (tertiary/aromatic N) is 2. The zero-order valence-electron chi connectivity index (χ0n) is 12.2. The van der Waals surface area contributed by atoms with Gasteiger partial charge < -0.3 is 15.2 Å². The Hall–Kier alpha value is -2.01. The van der Waals surface area contributed by atoms with Crippen molar-refractivity contribution in [3.8, 4) is 0 Å². The highest BCUT2D eigenvalue weighted by atomic mass is 35.5. The van der Waals surface area contributed by atoms with E-state index in [0.29, 0.717) is 37.5 Å². The fourth-order valence-electron chi connectivity index (χ4n) is 2.97. The lowest BCUT2D eigenvalue weighted by atomic mass is 9.96. The van der Waals surface area contributed by atoms with E-state index >= 15 is 0 Å². The molecule has 0 aliphatic carbocycles. The van der Waals surface area contributed by atoms with Crippen LogP contribution in [0.2, 0.25) is 5.02 Å². The van der Waals surface area contributed by atoms with Crippen LogP contribution in [0.4, 0.5) is 0 Å². The number of carbonyl (C=O) groups excluding carboxylic acids is 2. The van der Waals surface area contributed by atoms with E-state index in [4.69, 9.17) is 17.3 Å². The Labute approximate surface area is 133 Å². The van der Waals surface area contributed by atoms with Gasteiger partial charge in [-0.1, -0.05) is 11.6 Å². The molecule has 1 aliphatic rings. The van der Waals surface area contributed by atoms with E-state index in [1.807, 2.05) is 35.0 Å². The van der Waals surface area contributed by atoms with E-state index in [2.05, 4.69) is 0 Å². The van der Waals surface area contributed by atoms with Gasteiger partial charge in [0, 0.05) is 41.1 Å². The number of piperidine rings is 1. The molecule has 0 radical (unpaired) electrons. The van der Waals surface area contributed by atoms with Crippen LogP contribution in [0.15, 0.2) is 30.5 Å². The fourth-order valence-corrected chi connectivity index (χ4v) is 3.15. The number of hydrogen-bond donors (Lipinski definition) is 1. The molecule has 0 bridgehead atoms. The molecule has 1 fully saturated rings. The van der Waals surface area contributed by atoms with Crippen LogP contribution in [0.25, 0.3) is 10.9 Å². The van der Waals surface area contributed by atoms with Crippen molar-refractivity contribution in [3.05, 3.63) is 35.5 Å². The summed E-state index contributed by atoms with van der Waals surface area (Å²) in [5.74, 6) is -0.297. The van der Waals surface area contributed by atoms with Crippen LogP contribution in [0.3, 0.4) is 0 Å². The maximum absolute atomic E-state index is 12.4. The molecule has 0 atom stereocenters. The van der Waals surface area contributed by atoms with Crippen LogP contribution in [0.1, 0.15) is 12.8 Å². The number of nitrogens with two attached hydrogens (primary N) is 1. The average molecular weight is 320 g/mol. The summed E-state index contributed by atoms with van der Waals surface area (Å²) < 4.78 is 1.92. The van der Waals surface area contributed by atoms with Gasteiger partial charge in [-0.2, -0.15) is 0 Å². The largest absolute Gasteiger partial charge is 0.369 e. The lowest BCUT2D eigenvalue weighted by Crippen LogP contribution is -2.42. The third-order valence-electron chi connectivity index (χ3n) is 4.29. The zero-order valence-corrected chi connectivity index (χ0v) is 12.9. The lowest BCUT2D eigenvalue weighted by Gasteiger charge is -2.30. The molecule has 0 unspecified atom stereocenters. The first-order chi connectivity index (χ1) is 10.5. The van der Waals surface area contributed by atoms with Gasteiger partial charge >= 0.3 is 0 Å². The molecule has 1 aromatic carbocycles. The number of hydrogen-bond acceptors (Lipinski definition) is 2. The van der Waals surface area contributed by atoms with Gasteiger partial charge in [0.1, 0.15) is 6.54 Å². The Bertz CT molecular complexity index is 717. The van der Waals surface area contributed by atoms with Crippen molar-refractivity contribution >= 4 is 34.3 Å². The summed E-state index contributed by atoms with van der Waals surface area (Å²) in [7, 11) is 0. The second-order valence-electron chi connectivity index (χ2n) is 5.70. The molecule has 1 aromatic heterocycles. The first kappa shape index (κ1) is 14.9. The smallest absolute Gasteiger partial charge is 0.242 e. The number of halogens is 1. The van der Waals surface area contributed by atoms with Crippen LogP contribution < -0.4 is 5.73 Å². The van der Waals surface area contributed by atoms with Crippen molar-refractivity contribution in [1.29, 1.82) is 0 Å². The molecule has 6 heteroatoms. The standard InChI is InChI=1S/C16H18ClN3O2/c17-13-1-2-14-12(9-13)5-8-20(14)10-15(21)19-6-3-11(4-7-19)16(18)22/h1-2,5,8-9,11H,3-4,6-7,10H2,(H2,18,22). The molecule has 2 amide bonds. The molecule has 22 heavy (non-hydrogen) atoms. The van der Waals surface area contributed by atoms with E-state index in [0.717, 1.165) is 10.9 Å². The summed E-state index contributed by atoms with van der Waals surface area (Å²) in [6.45, 7) is 1.49. The Kier molecular flexibility index (Phi) is 4.07. The van der Waals surface area contributed by atoms with Crippen molar-refractivity contribution in [1.82, 2.24) is 9.47 Å². The summed E-state index contributed by atoms with van der Waals surface area (Å²) in [4.78, 5) is 25.4. The predicted molar refractivity (Wildman–Crippen MR) is 85.4 cm³/mol. The Balaban J connectivity index is 1.68. The van der Waals surface area contributed by atoms with Crippen molar-refractivity contribution in [2.45, 2.75) is 19.4 Å². The highest BCUT2D eigenvalue weighted by Crippen LogP contribution is 2.21. The SMILES string of the molecule is NC(=O)C1CCN(C(=O)Cn2ccc3cc(Cl)ccc32)CC1. The highest BCUT2D eigenvalue weighted by molar-refractivity contribution is 6.31. The van der Waals surface area contributed by atoms with Crippen molar-refractivity contribution in [2.24, 2.45) is 11.7 Å². The van der Waals surface area contributed by atoms with E-state index in [-0.39, 0.29) is 17.7 Å². The first-order valence-electron chi connectivity index (χ1n) is 7.36. The van der Waals surface area contributed by atoms with E-state index in [1.165, 1.54) is 0 Å². The molecule has 2 N–H and O–H groups in total. The Morgan fingerprint density at radius 2 is 1.95 bits per heavy atom. The number of likely N-dealkylation sites (tertiary alicyclic amines) is 1. The number of aromatic nitrogens is 1. The second-order valence-corrected chi connectivity index (χ2v) is 6.14. The summed E-state index contributed by atoms with van der Waals surface area (Å²) in [6.07, 6.45) is 3.21. The summed E-state index contributed by atoms with van der Waals surface area (Å²) in [5, 5.41) is 1.71. The molecule has 5 nitrogen and oxygen atoms in total. The number of fused-ring (bicyclic) bond motifs is 1. The number of rotatable bonds is 3. The van der Waals surface area contributed by atoms with Gasteiger partial charge in [0.15, 0.2) is 0 Å². The van der Waals surface area contributed by atoms with Crippen molar-refractivity contribution in [3.63, 3.8) is 0 Å². The third kappa shape index (κ3) is 2.95. The van der Waals surface area contributed by atoms with Gasteiger partial charge in [0.05, 0.1) is 0 Å². The van der Waals surface area contributed by atoms with Crippen molar-refractivity contribution < 1.29 is 9.59 Å². The van der Waals surface area contributed by atoms with E-state index < -0.39 is 0 Å². The van der Waals surface area contributed by atoms with Gasteiger partial charge in [0.25, 0.3) is 0 Å². The van der Waals surface area contributed by atoms with E-state index in [1.54, 1.807) is 4.90 Å². The number of carbonyl (C=O) groups is 2. The van der Waals surface area contributed by atoms with Crippen LogP contribution in [-0.2, 0) is 16.1 Å². The maximum atomic E-state index is 12.4. The van der Waals surface area contributed by atoms with Crippen LogP contribution >= 0.6 is 11.6 Å². The van der Waals surface area contributed by atoms with Gasteiger partial charge in [-0.3, -0.25) is 9.59 Å². The van der Waals surface area contributed by atoms with Crippen LogP contribution in [0.5, 0.6) is 0 Å². The molecule has 2 aromatic rings. The number of amides is 2. The molecule has 1 saturated heterocycles. The predicted octanol–water partition coefficient (Wildman–Crippen LogP) is 2.02. The van der Waals surface area contributed by atoms with Gasteiger partial charge in [-0.15, -0.1) is 0 Å². The monoisotopic (exact) mass is 319 g/mol. The summed E-state index contributed by atoms with van der Waals surface area (Å²) in [6, 6.07) is 7.58. The zero-order chi connectivity index (χ0) is 15.7. The van der Waals surface area contributed by atoms with Crippen LogP contribution in [-0.4, -0.2) is 34.4 Å². The molecular weight excluding hydrogens is 302 g/mol. The highest BCUT2D eigenvalue weighted by Gasteiger charge is 2.25. The lowest BCUT2D eigenvalue weighted by molar-refractivity contribution is -0.135. The molecule has 0 saturated carbocycles. The van der Waals surface area contributed by atoms with Gasteiger partial charge in [-0.25, -0.2) is 0 Å². The van der Waals surface area contributed by atoms with E-state index in [9.17, 15) is 9.59 Å². The minimum atomic E-state index is -0.264. The topological polar surface area (TPSA) is 68.3 Å².